The molecule has 1 N–H and O–H groups in total. The molecule has 2 rings (SSSR count). The SMILES string of the molecule is OCc1cccc2nonc12. The molecule has 11 heavy (non-hydrogen) atoms. The molecular formula is C7H6N2O2. The van der Waals surface area contributed by atoms with Crippen LogP contribution < -0.4 is 0 Å². The molecule has 1 aromatic heterocycles. The standard InChI is InChI=1S/C7H6N2O2/c10-4-5-2-1-3-6-7(5)9-11-8-6/h1-3,10H,4H2. The summed E-state index contributed by atoms with van der Waals surface area (Å²) in [5.74, 6) is 0. The van der Waals surface area contributed by atoms with Gasteiger partial charge in [0.15, 0.2) is 0 Å². The zero-order chi connectivity index (χ0) is 7.68. The topological polar surface area (TPSA) is 59.2 Å². The molecule has 0 saturated heterocycles. The van der Waals surface area contributed by atoms with Gasteiger partial charge < -0.3 is 5.11 Å². The Morgan fingerprint density at radius 3 is 3.09 bits per heavy atom. The summed E-state index contributed by atoms with van der Waals surface area (Å²) in [7, 11) is 0. The maximum atomic E-state index is 8.84. The van der Waals surface area contributed by atoms with Crippen molar-refractivity contribution in [1.82, 2.24) is 10.3 Å². The van der Waals surface area contributed by atoms with Crippen molar-refractivity contribution < 1.29 is 9.74 Å². The van der Waals surface area contributed by atoms with Crippen LogP contribution in [0.15, 0.2) is 22.8 Å². The summed E-state index contributed by atoms with van der Waals surface area (Å²) < 4.78 is 4.50. The first-order valence-corrected chi connectivity index (χ1v) is 3.23. The normalized spacial score (nSPS) is 10.6. The lowest BCUT2D eigenvalue weighted by atomic mass is 10.2. The van der Waals surface area contributed by atoms with Gasteiger partial charge in [-0.05, 0) is 16.4 Å². The van der Waals surface area contributed by atoms with Crippen LogP contribution in [0.4, 0.5) is 0 Å². The number of aromatic nitrogens is 2. The van der Waals surface area contributed by atoms with Gasteiger partial charge in [0.2, 0.25) is 0 Å². The lowest BCUT2D eigenvalue weighted by molar-refractivity contribution is 0.281. The number of rotatable bonds is 1. The fourth-order valence-corrected chi connectivity index (χ4v) is 0.990. The van der Waals surface area contributed by atoms with E-state index < -0.39 is 0 Å². The molecule has 0 fully saturated rings. The summed E-state index contributed by atoms with van der Waals surface area (Å²) in [6.07, 6.45) is 0. The summed E-state index contributed by atoms with van der Waals surface area (Å²) in [5.41, 5.74) is 2.05. The Labute approximate surface area is 62.4 Å². The molecule has 0 atom stereocenters. The van der Waals surface area contributed by atoms with E-state index >= 15 is 0 Å². The highest BCUT2D eigenvalue weighted by atomic mass is 16.6. The molecule has 1 aromatic carbocycles. The van der Waals surface area contributed by atoms with E-state index in [0.717, 1.165) is 5.56 Å². The molecule has 0 spiro atoms. The van der Waals surface area contributed by atoms with E-state index in [1.807, 2.05) is 0 Å². The van der Waals surface area contributed by atoms with E-state index in [0.29, 0.717) is 11.0 Å². The minimum Gasteiger partial charge on any atom is -0.392 e. The monoisotopic (exact) mass is 150 g/mol. The number of fused-ring (bicyclic) bond motifs is 1. The predicted molar refractivity (Wildman–Crippen MR) is 37.7 cm³/mol. The first kappa shape index (κ1) is 6.30. The van der Waals surface area contributed by atoms with Gasteiger partial charge in [-0.25, -0.2) is 4.63 Å². The van der Waals surface area contributed by atoms with Crippen LogP contribution in [-0.2, 0) is 6.61 Å². The second-order valence-corrected chi connectivity index (χ2v) is 2.21. The highest BCUT2D eigenvalue weighted by Gasteiger charge is 2.03. The predicted octanol–water partition coefficient (Wildman–Crippen LogP) is 0.715. The van der Waals surface area contributed by atoms with Crippen molar-refractivity contribution in [2.24, 2.45) is 0 Å². The molecule has 4 nitrogen and oxygen atoms in total. The quantitative estimate of drug-likeness (QED) is 0.650. The number of hydrogen-bond donors (Lipinski definition) is 1. The highest BCUT2D eigenvalue weighted by Crippen LogP contribution is 2.13. The third-order valence-corrected chi connectivity index (χ3v) is 1.54. The summed E-state index contributed by atoms with van der Waals surface area (Å²) in [4.78, 5) is 0. The van der Waals surface area contributed by atoms with Crippen molar-refractivity contribution in [3.63, 3.8) is 0 Å². The first-order valence-electron chi connectivity index (χ1n) is 3.23. The van der Waals surface area contributed by atoms with E-state index in [2.05, 4.69) is 14.9 Å². The van der Waals surface area contributed by atoms with Crippen LogP contribution in [0.1, 0.15) is 5.56 Å². The molecule has 0 amide bonds. The maximum absolute atomic E-state index is 8.84. The maximum Gasteiger partial charge on any atom is 0.140 e. The van der Waals surface area contributed by atoms with Crippen LogP contribution in [0.3, 0.4) is 0 Å². The molecule has 0 aliphatic carbocycles. The van der Waals surface area contributed by atoms with Crippen LogP contribution >= 0.6 is 0 Å². The highest BCUT2D eigenvalue weighted by molar-refractivity contribution is 5.76. The zero-order valence-electron chi connectivity index (χ0n) is 5.69. The smallest absolute Gasteiger partial charge is 0.140 e. The Morgan fingerprint density at radius 1 is 1.36 bits per heavy atom. The van der Waals surface area contributed by atoms with Gasteiger partial charge in [0.1, 0.15) is 11.0 Å². The molecule has 0 aliphatic rings. The van der Waals surface area contributed by atoms with Crippen LogP contribution in [0.25, 0.3) is 11.0 Å². The molecule has 4 heteroatoms. The second kappa shape index (κ2) is 2.32. The molecule has 1 heterocycles. The van der Waals surface area contributed by atoms with Gasteiger partial charge in [-0.1, -0.05) is 12.1 Å². The number of hydrogen-bond acceptors (Lipinski definition) is 4. The largest absolute Gasteiger partial charge is 0.392 e. The second-order valence-electron chi connectivity index (χ2n) is 2.21. The van der Waals surface area contributed by atoms with E-state index in [9.17, 15) is 0 Å². The molecule has 0 radical (unpaired) electrons. The average molecular weight is 150 g/mol. The molecule has 56 valence electrons. The number of benzene rings is 1. The van der Waals surface area contributed by atoms with Crippen molar-refractivity contribution in [2.75, 3.05) is 0 Å². The molecule has 0 saturated carbocycles. The van der Waals surface area contributed by atoms with Gasteiger partial charge in [0.25, 0.3) is 0 Å². The third-order valence-electron chi connectivity index (χ3n) is 1.54. The van der Waals surface area contributed by atoms with E-state index in [1.54, 1.807) is 18.2 Å². The number of nitrogens with zero attached hydrogens (tertiary/aromatic N) is 2. The molecule has 0 aliphatic heterocycles. The Morgan fingerprint density at radius 2 is 2.27 bits per heavy atom. The van der Waals surface area contributed by atoms with Gasteiger partial charge in [-0.15, -0.1) is 0 Å². The Balaban J connectivity index is 2.79. The van der Waals surface area contributed by atoms with Gasteiger partial charge in [0, 0.05) is 5.56 Å². The summed E-state index contributed by atoms with van der Waals surface area (Å²) in [6, 6.07) is 5.37. The average Bonchev–Trinajstić information content (AvgIpc) is 2.50. The van der Waals surface area contributed by atoms with Crippen LogP contribution in [0.5, 0.6) is 0 Å². The molecule has 0 unspecified atom stereocenters. The van der Waals surface area contributed by atoms with E-state index in [1.165, 1.54) is 0 Å². The van der Waals surface area contributed by atoms with Crippen molar-refractivity contribution in [3.05, 3.63) is 23.8 Å². The summed E-state index contributed by atoms with van der Waals surface area (Å²) >= 11 is 0. The minimum atomic E-state index is -0.0362. The Kier molecular flexibility index (Phi) is 1.33. The van der Waals surface area contributed by atoms with Gasteiger partial charge in [0.05, 0.1) is 6.61 Å². The van der Waals surface area contributed by atoms with Gasteiger partial charge in [-0.2, -0.15) is 0 Å². The van der Waals surface area contributed by atoms with Gasteiger partial charge in [-0.3, -0.25) is 0 Å². The number of aliphatic hydroxyl groups is 1. The lowest BCUT2D eigenvalue weighted by Gasteiger charge is -1.91. The van der Waals surface area contributed by atoms with Crippen LogP contribution in [-0.4, -0.2) is 15.4 Å². The third kappa shape index (κ3) is 0.877. The van der Waals surface area contributed by atoms with E-state index in [4.69, 9.17) is 5.11 Å². The fourth-order valence-electron chi connectivity index (χ4n) is 0.990. The van der Waals surface area contributed by atoms with Crippen molar-refractivity contribution >= 4 is 11.0 Å². The lowest BCUT2D eigenvalue weighted by Crippen LogP contribution is -1.83. The summed E-state index contributed by atoms with van der Waals surface area (Å²) in [5, 5.41) is 16.1. The minimum absolute atomic E-state index is 0.0362. The molecular weight excluding hydrogens is 144 g/mol. The Bertz CT molecular complexity index is 369. The zero-order valence-corrected chi connectivity index (χ0v) is 5.69. The van der Waals surface area contributed by atoms with Gasteiger partial charge >= 0.3 is 0 Å². The van der Waals surface area contributed by atoms with E-state index in [-0.39, 0.29) is 6.61 Å². The summed E-state index contributed by atoms with van der Waals surface area (Å²) in [6.45, 7) is -0.0362. The molecule has 2 aromatic rings. The fraction of sp³-hybridized carbons (Fsp3) is 0.143. The van der Waals surface area contributed by atoms with Crippen molar-refractivity contribution in [1.29, 1.82) is 0 Å². The van der Waals surface area contributed by atoms with Crippen molar-refractivity contribution in [3.8, 4) is 0 Å². The van der Waals surface area contributed by atoms with Crippen LogP contribution in [0.2, 0.25) is 0 Å². The Hall–Kier alpha value is -1.42. The molecule has 0 bridgehead atoms. The van der Waals surface area contributed by atoms with Crippen molar-refractivity contribution in [2.45, 2.75) is 6.61 Å². The van der Waals surface area contributed by atoms with Crippen LogP contribution in [0, 0.1) is 0 Å². The number of aliphatic hydroxyl groups excluding tert-OH is 1. The first-order chi connectivity index (χ1) is 5.42.